The van der Waals surface area contributed by atoms with Crippen molar-refractivity contribution in [3.63, 3.8) is 0 Å². The van der Waals surface area contributed by atoms with Crippen LogP contribution in [0.25, 0.3) is 0 Å². The van der Waals surface area contributed by atoms with Crippen LogP contribution in [0.3, 0.4) is 0 Å². The molecular formula is C15H31NO3. The molecule has 2 N–H and O–H groups in total. The summed E-state index contributed by atoms with van der Waals surface area (Å²) >= 11 is 0. The lowest BCUT2D eigenvalue weighted by Crippen LogP contribution is -2.49. The van der Waals surface area contributed by atoms with E-state index in [0.717, 1.165) is 32.4 Å². The molecule has 0 saturated heterocycles. The monoisotopic (exact) mass is 273 g/mol. The van der Waals surface area contributed by atoms with Crippen LogP contribution in [0, 0.1) is 0 Å². The van der Waals surface area contributed by atoms with Gasteiger partial charge in [0, 0.05) is 26.8 Å². The molecule has 0 amide bonds. The summed E-state index contributed by atoms with van der Waals surface area (Å²) in [6.07, 6.45) is 7.92. The molecule has 1 fully saturated rings. The van der Waals surface area contributed by atoms with E-state index in [1.807, 2.05) is 0 Å². The molecule has 4 heteroatoms. The number of unbranched alkanes of at least 4 members (excludes halogenated alkanes) is 3. The number of ether oxygens (including phenoxy) is 2. The standard InChI is InChI=1S/C15H31NO3/c1-3-4-5-6-10-19-12-14(17)11-16-13-15(18-2)8-7-9-15/h14,16-17H,3-13H2,1-2H3. The number of hydrogen-bond donors (Lipinski definition) is 2. The van der Waals surface area contributed by atoms with E-state index >= 15 is 0 Å². The minimum absolute atomic E-state index is 0.0285. The summed E-state index contributed by atoms with van der Waals surface area (Å²) in [6, 6.07) is 0. The van der Waals surface area contributed by atoms with Gasteiger partial charge in [-0.25, -0.2) is 0 Å². The third kappa shape index (κ3) is 6.70. The summed E-state index contributed by atoms with van der Waals surface area (Å²) < 4.78 is 11.0. The molecule has 0 aliphatic heterocycles. The molecule has 19 heavy (non-hydrogen) atoms. The van der Waals surface area contributed by atoms with Gasteiger partial charge >= 0.3 is 0 Å². The summed E-state index contributed by atoms with van der Waals surface area (Å²) in [5.74, 6) is 0. The van der Waals surface area contributed by atoms with Crippen LogP contribution in [-0.2, 0) is 9.47 Å². The normalized spacial score (nSPS) is 19.1. The molecular weight excluding hydrogens is 242 g/mol. The molecule has 0 bridgehead atoms. The van der Waals surface area contributed by atoms with Gasteiger partial charge in [-0.3, -0.25) is 0 Å². The molecule has 0 radical (unpaired) electrons. The third-order valence-corrected chi connectivity index (χ3v) is 3.98. The summed E-state index contributed by atoms with van der Waals surface area (Å²) in [6.45, 7) is 4.81. The highest BCUT2D eigenvalue weighted by atomic mass is 16.5. The van der Waals surface area contributed by atoms with E-state index in [0.29, 0.717) is 13.2 Å². The van der Waals surface area contributed by atoms with Crippen molar-refractivity contribution in [3.05, 3.63) is 0 Å². The zero-order chi connectivity index (χ0) is 14.0. The van der Waals surface area contributed by atoms with Gasteiger partial charge in [0.2, 0.25) is 0 Å². The summed E-state index contributed by atoms with van der Waals surface area (Å²) in [5.41, 5.74) is 0.0285. The number of hydrogen-bond acceptors (Lipinski definition) is 4. The Bertz CT molecular complexity index is 214. The van der Waals surface area contributed by atoms with Crippen LogP contribution in [-0.4, -0.2) is 50.2 Å². The zero-order valence-electron chi connectivity index (χ0n) is 12.6. The molecule has 0 spiro atoms. The van der Waals surface area contributed by atoms with Gasteiger partial charge in [0.25, 0.3) is 0 Å². The minimum atomic E-state index is -0.417. The zero-order valence-corrected chi connectivity index (χ0v) is 12.6. The average Bonchev–Trinajstić information content (AvgIpc) is 2.37. The Kier molecular flexibility index (Phi) is 8.62. The van der Waals surface area contributed by atoms with E-state index in [1.54, 1.807) is 7.11 Å². The van der Waals surface area contributed by atoms with Crippen LogP contribution in [0.15, 0.2) is 0 Å². The fourth-order valence-electron chi connectivity index (χ4n) is 2.40. The predicted octanol–water partition coefficient (Wildman–Crippen LogP) is 2.10. The molecule has 1 aliphatic carbocycles. The van der Waals surface area contributed by atoms with E-state index < -0.39 is 6.10 Å². The van der Waals surface area contributed by atoms with Gasteiger partial charge in [-0.1, -0.05) is 26.2 Å². The van der Waals surface area contributed by atoms with Crippen LogP contribution in [0.1, 0.15) is 51.9 Å². The van der Waals surface area contributed by atoms with E-state index in [2.05, 4.69) is 12.2 Å². The first-order chi connectivity index (χ1) is 9.22. The van der Waals surface area contributed by atoms with Crippen molar-refractivity contribution in [3.8, 4) is 0 Å². The van der Waals surface area contributed by atoms with Crippen molar-refractivity contribution in [2.24, 2.45) is 0 Å². The molecule has 114 valence electrons. The maximum absolute atomic E-state index is 9.78. The quantitative estimate of drug-likeness (QED) is 0.535. The minimum Gasteiger partial charge on any atom is -0.389 e. The number of rotatable bonds is 12. The highest BCUT2D eigenvalue weighted by molar-refractivity contribution is 4.91. The van der Waals surface area contributed by atoms with E-state index in [4.69, 9.17) is 9.47 Å². The highest BCUT2D eigenvalue weighted by Crippen LogP contribution is 2.34. The smallest absolute Gasteiger partial charge is 0.0897 e. The predicted molar refractivity (Wildman–Crippen MR) is 77.4 cm³/mol. The van der Waals surface area contributed by atoms with Crippen molar-refractivity contribution >= 4 is 0 Å². The maximum atomic E-state index is 9.78. The maximum Gasteiger partial charge on any atom is 0.0897 e. The van der Waals surface area contributed by atoms with Gasteiger partial charge in [-0.05, 0) is 25.7 Å². The number of methoxy groups -OCH3 is 1. The van der Waals surface area contributed by atoms with Crippen molar-refractivity contribution in [2.75, 3.05) is 33.4 Å². The lowest BCUT2D eigenvalue weighted by molar-refractivity contribution is -0.0712. The molecule has 1 rings (SSSR count). The van der Waals surface area contributed by atoms with Gasteiger partial charge in [-0.2, -0.15) is 0 Å². The van der Waals surface area contributed by atoms with Crippen LogP contribution in [0.2, 0.25) is 0 Å². The number of aliphatic hydroxyl groups excluding tert-OH is 1. The second kappa shape index (κ2) is 9.70. The lowest BCUT2D eigenvalue weighted by Gasteiger charge is -2.40. The molecule has 0 aromatic carbocycles. The van der Waals surface area contributed by atoms with Crippen LogP contribution in [0.4, 0.5) is 0 Å². The summed E-state index contributed by atoms with van der Waals surface area (Å²) in [5, 5.41) is 13.1. The Morgan fingerprint density at radius 1 is 1.26 bits per heavy atom. The SMILES string of the molecule is CCCCCCOCC(O)CNCC1(OC)CCC1. The molecule has 1 atom stereocenters. The lowest BCUT2D eigenvalue weighted by atomic mass is 9.80. The van der Waals surface area contributed by atoms with Gasteiger partial charge < -0.3 is 19.9 Å². The van der Waals surface area contributed by atoms with E-state index in [-0.39, 0.29) is 5.60 Å². The fraction of sp³-hybridized carbons (Fsp3) is 1.00. The van der Waals surface area contributed by atoms with Gasteiger partial charge in [0.05, 0.1) is 18.3 Å². The Hall–Kier alpha value is -0.160. The first-order valence-corrected chi connectivity index (χ1v) is 7.74. The Labute approximate surface area is 117 Å². The number of nitrogens with one attached hydrogen (secondary N) is 1. The van der Waals surface area contributed by atoms with E-state index in [1.165, 1.54) is 25.7 Å². The molecule has 4 nitrogen and oxygen atoms in total. The Morgan fingerprint density at radius 2 is 2.05 bits per heavy atom. The molecule has 0 aromatic rings. The second-order valence-corrected chi connectivity index (χ2v) is 5.66. The van der Waals surface area contributed by atoms with Gasteiger partial charge in [0.15, 0.2) is 0 Å². The topological polar surface area (TPSA) is 50.7 Å². The second-order valence-electron chi connectivity index (χ2n) is 5.66. The largest absolute Gasteiger partial charge is 0.389 e. The molecule has 1 unspecified atom stereocenters. The van der Waals surface area contributed by atoms with Crippen LogP contribution < -0.4 is 5.32 Å². The summed E-state index contributed by atoms with van der Waals surface area (Å²) in [7, 11) is 1.77. The van der Waals surface area contributed by atoms with E-state index in [9.17, 15) is 5.11 Å². The first-order valence-electron chi connectivity index (χ1n) is 7.74. The molecule has 0 heterocycles. The first kappa shape index (κ1) is 16.9. The van der Waals surface area contributed by atoms with Crippen LogP contribution >= 0.6 is 0 Å². The van der Waals surface area contributed by atoms with Crippen molar-refractivity contribution in [2.45, 2.75) is 63.6 Å². The molecule has 1 aliphatic rings. The number of aliphatic hydroxyl groups is 1. The fourth-order valence-corrected chi connectivity index (χ4v) is 2.40. The average molecular weight is 273 g/mol. The Morgan fingerprint density at radius 3 is 2.63 bits per heavy atom. The third-order valence-electron chi connectivity index (χ3n) is 3.98. The van der Waals surface area contributed by atoms with Crippen molar-refractivity contribution in [1.82, 2.24) is 5.32 Å². The summed E-state index contributed by atoms with van der Waals surface area (Å²) in [4.78, 5) is 0. The van der Waals surface area contributed by atoms with Gasteiger partial charge in [-0.15, -0.1) is 0 Å². The molecule has 0 aromatic heterocycles. The van der Waals surface area contributed by atoms with Crippen molar-refractivity contribution in [1.29, 1.82) is 0 Å². The highest BCUT2D eigenvalue weighted by Gasteiger charge is 2.36. The van der Waals surface area contributed by atoms with Gasteiger partial charge in [0.1, 0.15) is 0 Å². The Balaban J connectivity index is 1.91. The van der Waals surface area contributed by atoms with Crippen molar-refractivity contribution < 1.29 is 14.6 Å². The van der Waals surface area contributed by atoms with Crippen LogP contribution in [0.5, 0.6) is 0 Å². The molecule has 1 saturated carbocycles.